The van der Waals surface area contributed by atoms with Crippen molar-refractivity contribution in [3.8, 4) is 11.5 Å². The van der Waals surface area contributed by atoms with Crippen molar-refractivity contribution in [1.29, 1.82) is 0 Å². The first-order valence-corrected chi connectivity index (χ1v) is 7.27. The smallest absolute Gasteiger partial charge is 0.125 e. The molecule has 0 heterocycles. The van der Waals surface area contributed by atoms with E-state index in [2.05, 4.69) is 38.5 Å². The van der Waals surface area contributed by atoms with E-state index < -0.39 is 0 Å². The lowest BCUT2D eigenvalue weighted by molar-refractivity contribution is 0.296. The Balaban J connectivity index is 2.12. The van der Waals surface area contributed by atoms with Gasteiger partial charge < -0.3 is 9.47 Å². The third-order valence-electron chi connectivity index (χ3n) is 2.43. The maximum absolute atomic E-state index is 5.76. The van der Waals surface area contributed by atoms with Gasteiger partial charge in [0.05, 0.1) is 7.11 Å². The van der Waals surface area contributed by atoms with Crippen LogP contribution in [0.2, 0.25) is 0 Å². The molecule has 18 heavy (non-hydrogen) atoms. The lowest BCUT2D eigenvalue weighted by Crippen LogP contribution is -1.99. The molecule has 0 aliphatic carbocycles. The lowest BCUT2D eigenvalue weighted by atomic mass is 10.2. The molecule has 0 saturated carbocycles. The minimum atomic E-state index is 0.489. The monoisotopic (exact) mass is 418 g/mol. The molecular formula is C14H12BrIO2. The number of rotatable bonds is 4. The van der Waals surface area contributed by atoms with Crippen molar-refractivity contribution < 1.29 is 9.47 Å². The normalized spacial score (nSPS) is 10.2. The highest BCUT2D eigenvalue weighted by Crippen LogP contribution is 2.25. The van der Waals surface area contributed by atoms with E-state index >= 15 is 0 Å². The Kier molecular flexibility index (Phi) is 4.88. The van der Waals surface area contributed by atoms with Crippen molar-refractivity contribution in [3.05, 3.63) is 56.1 Å². The molecule has 0 amide bonds. The van der Waals surface area contributed by atoms with Crippen LogP contribution in [0.15, 0.2) is 46.9 Å². The largest absolute Gasteiger partial charge is 0.496 e. The van der Waals surface area contributed by atoms with Gasteiger partial charge >= 0.3 is 0 Å². The van der Waals surface area contributed by atoms with Crippen LogP contribution in [0.1, 0.15) is 5.56 Å². The van der Waals surface area contributed by atoms with E-state index in [0.717, 1.165) is 25.1 Å². The van der Waals surface area contributed by atoms with Crippen molar-refractivity contribution >= 4 is 38.5 Å². The highest BCUT2D eigenvalue weighted by molar-refractivity contribution is 14.1. The van der Waals surface area contributed by atoms with Crippen LogP contribution in [0, 0.1) is 3.57 Å². The molecule has 0 bridgehead atoms. The number of benzene rings is 2. The first-order chi connectivity index (χ1) is 8.69. The Morgan fingerprint density at radius 1 is 1.17 bits per heavy atom. The van der Waals surface area contributed by atoms with Crippen LogP contribution < -0.4 is 9.47 Å². The number of ether oxygens (including phenoxy) is 2. The Morgan fingerprint density at radius 2 is 2.00 bits per heavy atom. The zero-order valence-electron chi connectivity index (χ0n) is 9.82. The predicted molar refractivity (Wildman–Crippen MR) is 84.2 cm³/mol. The van der Waals surface area contributed by atoms with Crippen LogP contribution in [0.5, 0.6) is 11.5 Å². The minimum Gasteiger partial charge on any atom is -0.496 e. The Hall–Kier alpha value is -0.750. The van der Waals surface area contributed by atoms with Gasteiger partial charge in [-0.1, -0.05) is 22.0 Å². The second-order valence-electron chi connectivity index (χ2n) is 3.70. The Labute approximate surface area is 129 Å². The SMILES string of the molecule is COc1ccc(Br)cc1COc1cccc(I)c1. The molecule has 2 nitrogen and oxygen atoms in total. The molecule has 2 aromatic carbocycles. The van der Waals surface area contributed by atoms with Crippen molar-refractivity contribution in [1.82, 2.24) is 0 Å². The zero-order valence-corrected chi connectivity index (χ0v) is 13.6. The quantitative estimate of drug-likeness (QED) is 0.673. The predicted octanol–water partition coefficient (Wildman–Crippen LogP) is 4.64. The van der Waals surface area contributed by atoms with E-state index in [1.165, 1.54) is 0 Å². The summed E-state index contributed by atoms with van der Waals surface area (Å²) in [7, 11) is 1.66. The molecule has 0 spiro atoms. The molecule has 2 rings (SSSR count). The van der Waals surface area contributed by atoms with Crippen LogP contribution in [0.3, 0.4) is 0 Å². The fourth-order valence-corrected chi connectivity index (χ4v) is 2.50. The van der Waals surface area contributed by atoms with E-state index in [-0.39, 0.29) is 0 Å². The van der Waals surface area contributed by atoms with Crippen molar-refractivity contribution in [2.45, 2.75) is 6.61 Å². The third-order valence-corrected chi connectivity index (χ3v) is 3.60. The van der Waals surface area contributed by atoms with E-state index in [9.17, 15) is 0 Å². The summed E-state index contributed by atoms with van der Waals surface area (Å²) in [4.78, 5) is 0. The van der Waals surface area contributed by atoms with Crippen LogP contribution in [0.25, 0.3) is 0 Å². The Bertz CT molecular complexity index is 543. The van der Waals surface area contributed by atoms with Gasteiger partial charge in [-0.05, 0) is 59.0 Å². The summed E-state index contributed by atoms with van der Waals surface area (Å²) < 4.78 is 13.3. The van der Waals surface area contributed by atoms with Crippen LogP contribution in [-0.2, 0) is 6.61 Å². The summed E-state index contributed by atoms with van der Waals surface area (Å²) in [6, 6.07) is 13.9. The topological polar surface area (TPSA) is 18.5 Å². The molecule has 0 fully saturated rings. The molecule has 2 aromatic rings. The molecule has 0 atom stereocenters. The van der Waals surface area contributed by atoms with Gasteiger partial charge in [-0.3, -0.25) is 0 Å². The zero-order chi connectivity index (χ0) is 13.0. The number of methoxy groups -OCH3 is 1. The summed E-state index contributed by atoms with van der Waals surface area (Å²) >= 11 is 5.72. The van der Waals surface area contributed by atoms with Crippen LogP contribution >= 0.6 is 38.5 Å². The first-order valence-electron chi connectivity index (χ1n) is 5.40. The van der Waals surface area contributed by atoms with Crippen molar-refractivity contribution in [2.24, 2.45) is 0 Å². The minimum absolute atomic E-state index is 0.489. The second kappa shape index (κ2) is 6.43. The summed E-state index contributed by atoms with van der Waals surface area (Å²) in [5.74, 6) is 1.70. The molecule has 0 aliphatic rings. The van der Waals surface area contributed by atoms with Gasteiger partial charge in [0.2, 0.25) is 0 Å². The molecule has 0 aliphatic heterocycles. The highest BCUT2D eigenvalue weighted by atomic mass is 127. The first kappa shape index (κ1) is 13.7. The fourth-order valence-electron chi connectivity index (χ4n) is 1.58. The second-order valence-corrected chi connectivity index (χ2v) is 5.86. The highest BCUT2D eigenvalue weighted by Gasteiger charge is 2.05. The van der Waals surface area contributed by atoms with Crippen molar-refractivity contribution in [3.63, 3.8) is 0 Å². The number of halogens is 2. The number of hydrogen-bond donors (Lipinski definition) is 0. The van der Waals surface area contributed by atoms with Crippen LogP contribution in [-0.4, -0.2) is 7.11 Å². The van der Waals surface area contributed by atoms with Crippen molar-refractivity contribution in [2.75, 3.05) is 7.11 Å². The fraction of sp³-hybridized carbons (Fsp3) is 0.143. The third kappa shape index (κ3) is 3.62. The van der Waals surface area contributed by atoms with Gasteiger partial charge in [0.1, 0.15) is 18.1 Å². The van der Waals surface area contributed by atoms with E-state index in [1.54, 1.807) is 7.11 Å². The van der Waals surface area contributed by atoms with Gasteiger partial charge in [-0.25, -0.2) is 0 Å². The van der Waals surface area contributed by atoms with Crippen LogP contribution in [0.4, 0.5) is 0 Å². The molecule has 0 radical (unpaired) electrons. The molecule has 0 unspecified atom stereocenters. The maximum Gasteiger partial charge on any atom is 0.125 e. The van der Waals surface area contributed by atoms with E-state index in [0.29, 0.717) is 6.61 Å². The summed E-state index contributed by atoms with van der Waals surface area (Å²) in [6.07, 6.45) is 0. The van der Waals surface area contributed by atoms with Gasteiger partial charge in [0.15, 0.2) is 0 Å². The van der Waals surface area contributed by atoms with Gasteiger partial charge in [-0.2, -0.15) is 0 Å². The van der Waals surface area contributed by atoms with E-state index in [4.69, 9.17) is 9.47 Å². The molecule has 0 saturated heterocycles. The van der Waals surface area contributed by atoms with E-state index in [1.807, 2.05) is 42.5 Å². The van der Waals surface area contributed by atoms with Gasteiger partial charge in [0, 0.05) is 13.6 Å². The Morgan fingerprint density at radius 3 is 2.72 bits per heavy atom. The lowest BCUT2D eigenvalue weighted by Gasteiger charge is -2.11. The standard InChI is InChI=1S/C14H12BrIO2/c1-17-14-6-5-11(15)7-10(14)9-18-13-4-2-3-12(16)8-13/h2-8H,9H2,1H3. The number of hydrogen-bond acceptors (Lipinski definition) is 2. The summed E-state index contributed by atoms with van der Waals surface area (Å²) in [5, 5.41) is 0. The summed E-state index contributed by atoms with van der Waals surface area (Å²) in [6.45, 7) is 0.489. The van der Waals surface area contributed by atoms with Gasteiger partial charge in [-0.15, -0.1) is 0 Å². The average molecular weight is 419 g/mol. The maximum atomic E-state index is 5.76. The molecule has 0 N–H and O–H groups in total. The average Bonchev–Trinajstić information content (AvgIpc) is 2.37. The summed E-state index contributed by atoms with van der Waals surface area (Å²) in [5.41, 5.74) is 1.02. The molecular weight excluding hydrogens is 407 g/mol. The molecule has 4 heteroatoms. The molecule has 0 aromatic heterocycles. The van der Waals surface area contributed by atoms with Gasteiger partial charge in [0.25, 0.3) is 0 Å². The molecule has 94 valence electrons.